The first-order valence-electron chi connectivity index (χ1n) is 5.93. The van der Waals surface area contributed by atoms with Crippen molar-refractivity contribution in [1.29, 1.82) is 0 Å². The van der Waals surface area contributed by atoms with Gasteiger partial charge in [0.2, 0.25) is 0 Å². The largest absolute Gasteiger partial charge is 0.418 e. The Bertz CT molecular complexity index is 547. The Labute approximate surface area is 112 Å². The summed E-state index contributed by atoms with van der Waals surface area (Å²) in [5.74, 6) is 0. The molecule has 1 unspecified atom stereocenters. The van der Waals surface area contributed by atoms with Crippen LogP contribution in [0.1, 0.15) is 12.0 Å². The lowest BCUT2D eigenvalue weighted by molar-refractivity contribution is -0.384. The lowest BCUT2D eigenvalue weighted by atomic mass is 10.0. The molecule has 0 aromatic heterocycles. The second-order valence-electron chi connectivity index (χ2n) is 4.93. The monoisotopic (exact) mass is 290 g/mol. The maximum absolute atomic E-state index is 12.7. The topological polar surface area (TPSA) is 66.6 Å². The molecule has 0 amide bonds. The van der Waals surface area contributed by atoms with E-state index in [1.165, 1.54) is 23.1 Å². The number of anilines is 1. The molecule has 1 aliphatic rings. The number of β-amino-alcohol motifs (C(OH)–C–C–N with tert-alkyl or cyclic N) is 1. The van der Waals surface area contributed by atoms with Gasteiger partial charge in [0.15, 0.2) is 5.60 Å². The van der Waals surface area contributed by atoms with Crippen LogP contribution >= 0.6 is 0 Å². The van der Waals surface area contributed by atoms with Gasteiger partial charge >= 0.3 is 6.18 Å². The number of non-ortho nitro benzene ring substituents is 1. The van der Waals surface area contributed by atoms with E-state index in [4.69, 9.17) is 0 Å². The number of aryl methyl sites for hydroxylation is 1. The van der Waals surface area contributed by atoms with E-state index in [0.717, 1.165) is 0 Å². The number of hydrogen-bond donors (Lipinski definition) is 1. The fourth-order valence-corrected chi connectivity index (χ4v) is 2.34. The van der Waals surface area contributed by atoms with Gasteiger partial charge in [0, 0.05) is 30.8 Å². The average Bonchev–Trinajstić information content (AvgIpc) is 2.72. The Morgan fingerprint density at radius 1 is 1.45 bits per heavy atom. The summed E-state index contributed by atoms with van der Waals surface area (Å²) in [5, 5.41) is 20.2. The maximum Gasteiger partial charge on any atom is 0.418 e. The predicted octanol–water partition coefficient (Wildman–Crippen LogP) is 2.41. The lowest BCUT2D eigenvalue weighted by Gasteiger charge is -2.27. The molecular weight excluding hydrogens is 277 g/mol. The van der Waals surface area contributed by atoms with Crippen LogP contribution in [-0.2, 0) is 0 Å². The molecule has 20 heavy (non-hydrogen) atoms. The summed E-state index contributed by atoms with van der Waals surface area (Å²) >= 11 is 0. The number of benzene rings is 1. The van der Waals surface area contributed by atoms with Gasteiger partial charge in [-0.15, -0.1) is 0 Å². The van der Waals surface area contributed by atoms with Crippen LogP contribution in [0, 0.1) is 17.0 Å². The summed E-state index contributed by atoms with van der Waals surface area (Å²) in [6.45, 7) is 1.08. The summed E-state index contributed by atoms with van der Waals surface area (Å²) in [6, 6.07) is 3.96. The van der Waals surface area contributed by atoms with Crippen LogP contribution in [-0.4, -0.2) is 34.9 Å². The molecule has 0 spiro atoms. The highest BCUT2D eigenvalue weighted by molar-refractivity contribution is 5.58. The van der Waals surface area contributed by atoms with Crippen molar-refractivity contribution in [3.05, 3.63) is 33.9 Å². The molecule has 0 saturated carbocycles. The zero-order valence-electron chi connectivity index (χ0n) is 10.6. The number of rotatable bonds is 2. The highest BCUT2D eigenvalue weighted by Crippen LogP contribution is 2.40. The van der Waals surface area contributed by atoms with E-state index in [2.05, 4.69) is 0 Å². The van der Waals surface area contributed by atoms with E-state index >= 15 is 0 Å². The highest BCUT2D eigenvalue weighted by Gasteiger charge is 2.57. The molecule has 1 heterocycles. The Morgan fingerprint density at radius 3 is 2.55 bits per heavy atom. The lowest BCUT2D eigenvalue weighted by Crippen LogP contribution is -2.47. The Kier molecular flexibility index (Phi) is 3.37. The van der Waals surface area contributed by atoms with Crippen molar-refractivity contribution in [2.24, 2.45) is 0 Å². The van der Waals surface area contributed by atoms with Crippen molar-refractivity contribution < 1.29 is 23.2 Å². The molecule has 8 heteroatoms. The minimum atomic E-state index is -4.68. The van der Waals surface area contributed by atoms with Gasteiger partial charge in [0.05, 0.1) is 11.5 Å². The van der Waals surface area contributed by atoms with Gasteiger partial charge in [-0.05, 0) is 18.6 Å². The van der Waals surface area contributed by atoms with Gasteiger partial charge in [0.1, 0.15) is 0 Å². The van der Waals surface area contributed by atoms with Crippen LogP contribution < -0.4 is 4.90 Å². The number of aliphatic hydroxyl groups is 1. The molecule has 0 bridgehead atoms. The van der Waals surface area contributed by atoms with Gasteiger partial charge in [0.25, 0.3) is 5.69 Å². The molecule has 0 radical (unpaired) electrons. The van der Waals surface area contributed by atoms with Crippen LogP contribution in [0.5, 0.6) is 0 Å². The molecule has 1 aliphatic heterocycles. The fourth-order valence-electron chi connectivity index (χ4n) is 2.34. The molecule has 1 aromatic rings. The maximum atomic E-state index is 12.7. The van der Waals surface area contributed by atoms with E-state index in [-0.39, 0.29) is 12.2 Å². The molecule has 110 valence electrons. The Morgan fingerprint density at radius 2 is 2.10 bits per heavy atom. The molecule has 1 aromatic carbocycles. The zero-order chi connectivity index (χ0) is 15.1. The van der Waals surface area contributed by atoms with Crippen molar-refractivity contribution in [3.8, 4) is 0 Å². The SMILES string of the molecule is Cc1cc([N+](=O)[O-])ccc1N1CCC(O)(C(F)(F)F)C1. The van der Waals surface area contributed by atoms with Gasteiger partial charge < -0.3 is 10.0 Å². The van der Waals surface area contributed by atoms with Gasteiger partial charge in [-0.3, -0.25) is 10.1 Å². The second kappa shape index (κ2) is 4.62. The molecule has 1 fully saturated rings. The summed E-state index contributed by atoms with van der Waals surface area (Å²) < 4.78 is 38.2. The van der Waals surface area contributed by atoms with E-state index in [1.807, 2.05) is 0 Å². The number of nitro benzene ring substituents is 1. The molecule has 1 N–H and O–H groups in total. The third-order valence-electron chi connectivity index (χ3n) is 3.51. The van der Waals surface area contributed by atoms with E-state index in [1.54, 1.807) is 6.92 Å². The van der Waals surface area contributed by atoms with Crippen LogP contribution in [0.3, 0.4) is 0 Å². The standard InChI is InChI=1S/C12H13F3N2O3/c1-8-6-9(17(19)20)2-3-10(8)16-5-4-11(18,7-16)12(13,14)15/h2-3,6,18H,4-5,7H2,1H3. The first kappa shape index (κ1) is 14.6. The molecule has 1 saturated heterocycles. The summed E-state index contributed by atoms with van der Waals surface area (Å²) in [6.07, 6.45) is -5.09. The Hall–Kier alpha value is -1.83. The molecule has 0 aliphatic carbocycles. The second-order valence-corrected chi connectivity index (χ2v) is 4.93. The van der Waals surface area contributed by atoms with Crippen molar-refractivity contribution in [3.63, 3.8) is 0 Å². The number of nitrogens with zero attached hydrogens (tertiary/aromatic N) is 2. The third-order valence-corrected chi connectivity index (χ3v) is 3.51. The summed E-state index contributed by atoms with van der Waals surface area (Å²) in [5.41, 5.74) is -1.86. The fraction of sp³-hybridized carbons (Fsp3) is 0.500. The number of halogens is 3. The number of alkyl halides is 3. The van der Waals surface area contributed by atoms with Crippen molar-refractivity contribution in [2.75, 3.05) is 18.0 Å². The van der Waals surface area contributed by atoms with E-state index < -0.39 is 29.7 Å². The normalized spacial score (nSPS) is 23.1. The minimum absolute atomic E-state index is 0.0503. The summed E-state index contributed by atoms with van der Waals surface area (Å²) in [4.78, 5) is 11.5. The first-order chi connectivity index (χ1) is 9.14. The van der Waals surface area contributed by atoms with Crippen LogP contribution in [0.25, 0.3) is 0 Å². The quantitative estimate of drug-likeness (QED) is 0.671. The van der Waals surface area contributed by atoms with Crippen molar-refractivity contribution in [1.82, 2.24) is 0 Å². The molecular formula is C12H13F3N2O3. The summed E-state index contributed by atoms with van der Waals surface area (Å²) in [7, 11) is 0. The van der Waals surface area contributed by atoms with Gasteiger partial charge in [-0.25, -0.2) is 0 Å². The highest BCUT2D eigenvalue weighted by atomic mass is 19.4. The number of nitro groups is 1. The van der Waals surface area contributed by atoms with E-state index in [9.17, 15) is 28.4 Å². The average molecular weight is 290 g/mol. The van der Waals surface area contributed by atoms with E-state index in [0.29, 0.717) is 11.3 Å². The number of hydrogen-bond acceptors (Lipinski definition) is 4. The first-order valence-corrected chi connectivity index (χ1v) is 5.93. The third kappa shape index (κ3) is 2.43. The van der Waals surface area contributed by atoms with Crippen LogP contribution in [0.15, 0.2) is 18.2 Å². The minimum Gasteiger partial charge on any atom is -0.379 e. The van der Waals surface area contributed by atoms with Crippen molar-refractivity contribution >= 4 is 11.4 Å². The Balaban J connectivity index is 2.25. The molecule has 5 nitrogen and oxygen atoms in total. The smallest absolute Gasteiger partial charge is 0.379 e. The van der Waals surface area contributed by atoms with Gasteiger partial charge in [-0.1, -0.05) is 0 Å². The van der Waals surface area contributed by atoms with Crippen molar-refractivity contribution in [2.45, 2.75) is 25.1 Å². The van der Waals surface area contributed by atoms with Crippen LogP contribution in [0.4, 0.5) is 24.5 Å². The molecule has 1 atom stereocenters. The zero-order valence-corrected chi connectivity index (χ0v) is 10.6. The van der Waals surface area contributed by atoms with Gasteiger partial charge in [-0.2, -0.15) is 13.2 Å². The van der Waals surface area contributed by atoms with Crippen LogP contribution in [0.2, 0.25) is 0 Å². The molecule has 2 rings (SSSR count). The predicted molar refractivity (Wildman–Crippen MR) is 65.7 cm³/mol.